The number of nitrogens with zero attached hydrogens (tertiary/aromatic N) is 2. The maximum atomic E-state index is 8.80. The Morgan fingerprint density at radius 3 is 2.79 bits per heavy atom. The van der Waals surface area contributed by atoms with E-state index in [0.717, 1.165) is 13.1 Å². The average molecular weight is 191 g/mol. The van der Waals surface area contributed by atoms with Crippen LogP contribution >= 0.6 is 0 Å². The number of rotatable bonds is 4. The van der Waals surface area contributed by atoms with E-state index < -0.39 is 0 Å². The van der Waals surface area contributed by atoms with Crippen molar-refractivity contribution >= 4 is 0 Å². The largest absolute Gasteiger partial charge is 0.357 e. The summed E-state index contributed by atoms with van der Waals surface area (Å²) >= 11 is 0. The van der Waals surface area contributed by atoms with Crippen LogP contribution in [-0.2, 0) is 13.6 Å². The molecule has 3 heteroatoms. The van der Waals surface area contributed by atoms with Gasteiger partial charge in [-0.1, -0.05) is 0 Å². The van der Waals surface area contributed by atoms with Gasteiger partial charge in [-0.25, -0.2) is 0 Å². The van der Waals surface area contributed by atoms with Crippen LogP contribution in [0.3, 0.4) is 0 Å². The lowest BCUT2D eigenvalue weighted by Crippen LogP contribution is -2.27. The molecule has 0 aliphatic rings. The maximum Gasteiger partial charge on any atom is 0.0697 e. The Morgan fingerprint density at radius 1 is 1.57 bits per heavy atom. The Hall–Kier alpha value is -1.27. The number of hydrogen-bond donors (Lipinski definition) is 1. The van der Waals surface area contributed by atoms with E-state index in [9.17, 15) is 0 Å². The van der Waals surface area contributed by atoms with Crippen LogP contribution in [0.2, 0.25) is 0 Å². The molecule has 0 aliphatic heterocycles. The Morgan fingerprint density at radius 2 is 2.29 bits per heavy atom. The van der Waals surface area contributed by atoms with Gasteiger partial charge in [-0.3, -0.25) is 0 Å². The van der Waals surface area contributed by atoms with E-state index >= 15 is 0 Å². The first-order chi connectivity index (χ1) is 6.53. The molecule has 1 heterocycles. The van der Waals surface area contributed by atoms with E-state index in [1.165, 1.54) is 5.56 Å². The average Bonchev–Trinajstić information content (AvgIpc) is 2.51. The third-order valence-electron chi connectivity index (χ3n) is 2.09. The zero-order chi connectivity index (χ0) is 10.6. The van der Waals surface area contributed by atoms with Crippen molar-refractivity contribution in [3.05, 3.63) is 24.0 Å². The number of aromatic nitrogens is 1. The molecular formula is C11H17N3. The molecule has 0 fully saturated rings. The Balaban J connectivity index is 2.33. The van der Waals surface area contributed by atoms with Gasteiger partial charge in [0.25, 0.3) is 0 Å². The standard InChI is InChI=1S/C11H17N3/c1-11(2,8-12)9-13-6-10-4-5-14(3)7-10/h4-5,7,13H,6,9H2,1-3H3. The second-order valence-corrected chi connectivity index (χ2v) is 4.28. The van der Waals surface area contributed by atoms with Crippen LogP contribution in [0.15, 0.2) is 18.5 Å². The highest BCUT2D eigenvalue weighted by molar-refractivity contribution is 5.09. The fraction of sp³-hybridized carbons (Fsp3) is 0.545. The lowest BCUT2D eigenvalue weighted by atomic mass is 9.96. The topological polar surface area (TPSA) is 40.8 Å². The molecule has 1 aromatic rings. The second-order valence-electron chi connectivity index (χ2n) is 4.28. The summed E-state index contributed by atoms with van der Waals surface area (Å²) in [5.41, 5.74) is 0.968. The van der Waals surface area contributed by atoms with Gasteiger partial charge in [0.05, 0.1) is 11.5 Å². The van der Waals surface area contributed by atoms with Crippen LogP contribution in [0, 0.1) is 16.7 Å². The highest BCUT2D eigenvalue weighted by Gasteiger charge is 2.15. The predicted molar refractivity (Wildman–Crippen MR) is 56.5 cm³/mol. The lowest BCUT2D eigenvalue weighted by molar-refractivity contribution is 0.445. The van der Waals surface area contributed by atoms with Crippen molar-refractivity contribution in [3.8, 4) is 6.07 Å². The van der Waals surface area contributed by atoms with Crippen molar-refractivity contribution in [1.29, 1.82) is 5.26 Å². The molecule has 0 unspecified atom stereocenters. The van der Waals surface area contributed by atoms with Gasteiger partial charge in [0.15, 0.2) is 0 Å². The molecule has 0 amide bonds. The van der Waals surface area contributed by atoms with E-state index in [2.05, 4.69) is 23.6 Å². The van der Waals surface area contributed by atoms with Gasteiger partial charge in [0.1, 0.15) is 0 Å². The molecule has 1 N–H and O–H groups in total. The third kappa shape index (κ3) is 3.23. The highest BCUT2D eigenvalue weighted by Crippen LogP contribution is 2.11. The monoisotopic (exact) mass is 191 g/mol. The zero-order valence-electron chi connectivity index (χ0n) is 9.04. The molecule has 76 valence electrons. The minimum Gasteiger partial charge on any atom is -0.357 e. The highest BCUT2D eigenvalue weighted by atomic mass is 14.9. The van der Waals surface area contributed by atoms with Crippen molar-refractivity contribution in [2.24, 2.45) is 12.5 Å². The van der Waals surface area contributed by atoms with E-state index in [-0.39, 0.29) is 5.41 Å². The molecule has 0 atom stereocenters. The van der Waals surface area contributed by atoms with Crippen molar-refractivity contribution < 1.29 is 0 Å². The predicted octanol–water partition coefficient (Wildman–Crippen LogP) is 1.66. The fourth-order valence-electron chi connectivity index (χ4n) is 1.22. The first kappa shape index (κ1) is 10.8. The maximum absolute atomic E-state index is 8.80. The first-order valence-electron chi connectivity index (χ1n) is 4.76. The molecule has 0 saturated carbocycles. The molecule has 1 aromatic heterocycles. The lowest BCUT2D eigenvalue weighted by Gasteiger charge is -2.15. The van der Waals surface area contributed by atoms with E-state index in [4.69, 9.17) is 5.26 Å². The van der Waals surface area contributed by atoms with Crippen molar-refractivity contribution in [3.63, 3.8) is 0 Å². The van der Waals surface area contributed by atoms with Crippen molar-refractivity contribution in [2.75, 3.05) is 6.54 Å². The van der Waals surface area contributed by atoms with Crippen LogP contribution in [0.1, 0.15) is 19.4 Å². The van der Waals surface area contributed by atoms with Gasteiger partial charge >= 0.3 is 0 Å². The minimum atomic E-state index is -0.283. The molecule has 3 nitrogen and oxygen atoms in total. The molecule has 0 aliphatic carbocycles. The van der Waals surface area contributed by atoms with Gasteiger partial charge in [-0.15, -0.1) is 0 Å². The number of nitrogens with one attached hydrogen (secondary N) is 1. The summed E-state index contributed by atoms with van der Waals surface area (Å²) in [5.74, 6) is 0. The smallest absolute Gasteiger partial charge is 0.0697 e. The first-order valence-corrected chi connectivity index (χ1v) is 4.76. The van der Waals surface area contributed by atoms with Gasteiger partial charge in [0.2, 0.25) is 0 Å². The summed E-state index contributed by atoms with van der Waals surface area (Å²) in [6, 6.07) is 4.34. The molecule has 0 saturated heterocycles. The molecule has 0 radical (unpaired) electrons. The van der Waals surface area contributed by atoms with Gasteiger partial charge in [-0.2, -0.15) is 5.26 Å². The molecule has 0 aromatic carbocycles. The molecule has 0 spiro atoms. The summed E-state index contributed by atoms with van der Waals surface area (Å²) in [5, 5.41) is 12.1. The van der Waals surface area contributed by atoms with Crippen LogP contribution in [0.5, 0.6) is 0 Å². The zero-order valence-corrected chi connectivity index (χ0v) is 9.04. The van der Waals surface area contributed by atoms with E-state index in [0.29, 0.717) is 0 Å². The van der Waals surface area contributed by atoms with Gasteiger partial charge in [-0.05, 0) is 25.5 Å². The summed E-state index contributed by atoms with van der Waals surface area (Å²) in [6.45, 7) is 5.42. The van der Waals surface area contributed by atoms with Crippen LogP contribution in [0.25, 0.3) is 0 Å². The van der Waals surface area contributed by atoms with Crippen LogP contribution < -0.4 is 5.32 Å². The van der Waals surface area contributed by atoms with Crippen molar-refractivity contribution in [1.82, 2.24) is 9.88 Å². The summed E-state index contributed by atoms with van der Waals surface area (Å²) in [4.78, 5) is 0. The van der Waals surface area contributed by atoms with Crippen LogP contribution in [0.4, 0.5) is 0 Å². The van der Waals surface area contributed by atoms with E-state index in [1.54, 1.807) is 0 Å². The van der Waals surface area contributed by atoms with Gasteiger partial charge in [0, 0.05) is 32.5 Å². The van der Waals surface area contributed by atoms with Crippen LogP contribution in [-0.4, -0.2) is 11.1 Å². The summed E-state index contributed by atoms with van der Waals surface area (Å²) in [7, 11) is 2.00. The Bertz CT molecular complexity index is 331. The number of aryl methyl sites for hydroxylation is 1. The minimum absolute atomic E-state index is 0.283. The quantitative estimate of drug-likeness (QED) is 0.786. The third-order valence-corrected chi connectivity index (χ3v) is 2.09. The molecular weight excluding hydrogens is 174 g/mol. The SMILES string of the molecule is Cn1ccc(CNCC(C)(C)C#N)c1. The normalized spacial score (nSPS) is 11.3. The molecule has 0 bridgehead atoms. The van der Waals surface area contributed by atoms with E-state index in [1.807, 2.05) is 31.7 Å². The second kappa shape index (κ2) is 4.30. The van der Waals surface area contributed by atoms with Gasteiger partial charge < -0.3 is 9.88 Å². The summed E-state index contributed by atoms with van der Waals surface area (Å²) < 4.78 is 2.02. The number of nitriles is 1. The summed E-state index contributed by atoms with van der Waals surface area (Å²) in [6.07, 6.45) is 4.10. The Kier molecular flexibility index (Phi) is 3.32. The molecule has 1 rings (SSSR count). The van der Waals surface area contributed by atoms with Crippen molar-refractivity contribution in [2.45, 2.75) is 20.4 Å². The number of hydrogen-bond acceptors (Lipinski definition) is 2. The Labute approximate surface area is 85.3 Å². The molecule has 14 heavy (non-hydrogen) atoms. The fourth-order valence-corrected chi connectivity index (χ4v) is 1.22.